The fraction of sp³-hybridized carbons (Fsp3) is 0.217. The van der Waals surface area contributed by atoms with Crippen LogP contribution in [-0.4, -0.2) is 18.6 Å². The SMILES string of the molecule is CCCCOC(=O)c1ccccc1NC(=O)NCc1cccc2ccccc12. The van der Waals surface area contributed by atoms with Crippen LogP contribution in [0.1, 0.15) is 35.7 Å². The predicted octanol–water partition coefficient (Wildman–Crippen LogP) is 5.12. The van der Waals surface area contributed by atoms with Crippen LogP contribution in [0.5, 0.6) is 0 Å². The molecule has 3 aromatic rings. The Morgan fingerprint density at radius 1 is 0.929 bits per heavy atom. The van der Waals surface area contributed by atoms with Crippen LogP contribution in [0.3, 0.4) is 0 Å². The van der Waals surface area contributed by atoms with Gasteiger partial charge >= 0.3 is 12.0 Å². The molecule has 0 saturated carbocycles. The highest BCUT2D eigenvalue weighted by Crippen LogP contribution is 2.19. The van der Waals surface area contributed by atoms with E-state index in [1.807, 2.05) is 49.4 Å². The number of fused-ring (bicyclic) bond motifs is 1. The van der Waals surface area contributed by atoms with Gasteiger partial charge in [0.15, 0.2) is 0 Å². The minimum atomic E-state index is -0.432. The van der Waals surface area contributed by atoms with E-state index in [0.717, 1.165) is 29.2 Å². The van der Waals surface area contributed by atoms with Gasteiger partial charge in [-0.05, 0) is 34.9 Å². The van der Waals surface area contributed by atoms with Gasteiger partial charge in [-0.25, -0.2) is 9.59 Å². The fourth-order valence-corrected chi connectivity index (χ4v) is 2.95. The quantitative estimate of drug-likeness (QED) is 0.444. The molecule has 0 atom stereocenters. The summed E-state index contributed by atoms with van der Waals surface area (Å²) in [6, 6.07) is 20.5. The van der Waals surface area contributed by atoms with E-state index in [1.54, 1.807) is 24.3 Å². The third kappa shape index (κ3) is 4.88. The molecule has 0 aliphatic carbocycles. The van der Waals surface area contributed by atoms with E-state index >= 15 is 0 Å². The Kier molecular flexibility index (Phi) is 6.63. The van der Waals surface area contributed by atoms with Crippen molar-refractivity contribution in [3.63, 3.8) is 0 Å². The van der Waals surface area contributed by atoms with E-state index in [-0.39, 0.29) is 6.03 Å². The molecule has 28 heavy (non-hydrogen) atoms. The number of rotatable bonds is 7. The molecule has 0 aromatic heterocycles. The first-order valence-corrected chi connectivity index (χ1v) is 9.46. The molecule has 0 aliphatic heterocycles. The number of unbranched alkanes of at least 4 members (excludes halogenated alkanes) is 1. The average Bonchev–Trinajstić information content (AvgIpc) is 2.72. The fourth-order valence-electron chi connectivity index (χ4n) is 2.95. The van der Waals surface area contributed by atoms with Crippen LogP contribution in [0, 0.1) is 0 Å². The van der Waals surface area contributed by atoms with Gasteiger partial charge in [-0.2, -0.15) is 0 Å². The van der Waals surface area contributed by atoms with Crippen LogP contribution >= 0.6 is 0 Å². The highest BCUT2D eigenvalue weighted by molar-refractivity contribution is 6.00. The van der Waals surface area contributed by atoms with Crippen LogP contribution in [0.15, 0.2) is 66.7 Å². The number of carbonyl (C=O) groups excluding carboxylic acids is 2. The molecule has 0 bridgehead atoms. The number of hydrogen-bond acceptors (Lipinski definition) is 3. The van der Waals surface area contributed by atoms with Crippen molar-refractivity contribution in [2.24, 2.45) is 0 Å². The van der Waals surface area contributed by atoms with Crippen molar-refractivity contribution in [1.29, 1.82) is 0 Å². The molecule has 0 aliphatic rings. The molecule has 3 rings (SSSR count). The van der Waals surface area contributed by atoms with Gasteiger partial charge in [0, 0.05) is 6.54 Å². The zero-order chi connectivity index (χ0) is 19.8. The molecule has 5 nitrogen and oxygen atoms in total. The molecule has 144 valence electrons. The molecule has 2 amide bonds. The number of amides is 2. The Balaban J connectivity index is 1.64. The van der Waals surface area contributed by atoms with Gasteiger partial charge in [-0.3, -0.25) is 0 Å². The summed E-state index contributed by atoms with van der Waals surface area (Å²) in [7, 11) is 0. The number of para-hydroxylation sites is 1. The maximum atomic E-state index is 12.4. The molecule has 0 radical (unpaired) electrons. The van der Waals surface area contributed by atoms with E-state index in [2.05, 4.69) is 10.6 Å². The van der Waals surface area contributed by atoms with Crippen molar-refractivity contribution >= 4 is 28.5 Å². The van der Waals surface area contributed by atoms with E-state index in [4.69, 9.17) is 4.74 Å². The molecule has 0 unspecified atom stereocenters. The van der Waals surface area contributed by atoms with Gasteiger partial charge in [0.05, 0.1) is 17.9 Å². The number of anilines is 1. The third-order valence-corrected chi connectivity index (χ3v) is 4.45. The summed E-state index contributed by atoms with van der Waals surface area (Å²) in [6.07, 6.45) is 1.76. The maximum absolute atomic E-state index is 12.4. The van der Waals surface area contributed by atoms with Crippen molar-refractivity contribution in [1.82, 2.24) is 5.32 Å². The van der Waals surface area contributed by atoms with E-state index in [9.17, 15) is 9.59 Å². The summed E-state index contributed by atoms with van der Waals surface area (Å²) < 4.78 is 5.26. The zero-order valence-corrected chi connectivity index (χ0v) is 15.9. The Labute approximate surface area is 164 Å². The molecule has 2 N–H and O–H groups in total. The summed E-state index contributed by atoms with van der Waals surface area (Å²) >= 11 is 0. The molecule has 0 spiro atoms. The van der Waals surface area contributed by atoms with Crippen molar-refractivity contribution < 1.29 is 14.3 Å². The Hall–Kier alpha value is -3.34. The number of nitrogens with one attached hydrogen (secondary N) is 2. The lowest BCUT2D eigenvalue weighted by atomic mass is 10.0. The van der Waals surface area contributed by atoms with Gasteiger partial charge in [-0.15, -0.1) is 0 Å². The molecule has 0 heterocycles. The van der Waals surface area contributed by atoms with E-state index in [1.165, 1.54) is 0 Å². The summed E-state index contributed by atoms with van der Waals surface area (Å²) in [4.78, 5) is 24.6. The second-order valence-electron chi connectivity index (χ2n) is 6.48. The minimum Gasteiger partial charge on any atom is -0.462 e. The molecular weight excluding hydrogens is 352 g/mol. The van der Waals surface area contributed by atoms with Gasteiger partial charge in [0.2, 0.25) is 0 Å². The monoisotopic (exact) mass is 376 g/mol. The number of ether oxygens (including phenoxy) is 1. The molecule has 0 fully saturated rings. The number of carbonyl (C=O) groups is 2. The Bertz CT molecular complexity index is 963. The molecule has 5 heteroatoms. The first-order chi connectivity index (χ1) is 13.7. The van der Waals surface area contributed by atoms with Crippen molar-refractivity contribution in [3.8, 4) is 0 Å². The highest BCUT2D eigenvalue weighted by atomic mass is 16.5. The molecule has 3 aromatic carbocycles. The smallest absolute Gasteiger partial charge is 0.340 e. The van der Waals surface area contributed by atoms with Crippen LogP contribution in [0.4, 0.5) is 10.5 Å². The van der Waals surface area contributed by atoms with Gasteiger partial charge in [0.25, 0.3) is 0 Å². The van der Waals surface area contributed by atoms with Gasteiger partial charge in [0.1, 0.15) is 0 Å². The summed E-state index contributed by atoms with van der Waals surface area (Å²) in [5.41, 5.74) is 1.80. The maximum Gasteiger partial charge on any atom is 0.340 e. The average molecular weight is 376 g/mol. The van der Waals surface area contributed by atoms with Gasteiger partial charge in [-0.1, -0.05) is 67.9 Å². The molecular formula is C23H24N2O3. The standard InChI is InChI=1S/C23H24N2O3/c1-2-3-15-28-22(26)20-13-6-7-14-21(20)25-23(27)24-16-18-11-8-10-17-9-4-5-12-19(17)18/h4-14H,2-3,15-16H2,1H3,(H2,24,25,27). The summed E-state index contributed by atoms with van der Waals surface area (Å²) in [5.74, 6) is -0.432. The third-order valence-electron chi connectivity index (χ3n) is 4.45. The van der Waals surface area contributed by atoms with Crippen LogP contribution in [0.2, 0.25) is 0 Å². The summed E-state index contributed by atoms with van der Waals surface area (Å²) in [6.45, 7) is 2.79. The zero-order valence-electron chi connectivity index (χ0n) is 15.9. The van der Waals surface area contributed by atoms with E-state index < -0.39 is 5.97 Å². The van der Waals surface area contributed by atoms with Crippen molar-refractivity contribution in [2.75, 3.05) is 11.9 Å². The summed E-state index contributed by atoms with van der Waals surface area (Å²) in [5, 5.41) is 7.83. The lowest BCUT2D eigenvalue weighted by Gasteiger charge is -2.12. The van der Waals surface area contributed by atoms with Crippen molar-refractivity contribution in [3.05, 3.63) is 77.9 Å². The number of esters is 1. The topological polar surface area (TPSA) is 67.4 Å². The predicted molar refractivity (Wildman–Crippen MR) is 111 cm³/mol. The first-order valence-electron chi connectivity index (χ1n) is 9.46. The molecule has 0 saturated heterocycles. The van der Waals surface area contributed by atoms with Crippen molar-refractivity contribution in [2.45, 2.75) is 26.3 Å². The van der Waals surface area contributed by atoms with Gasteiger partial charge < -0.3 is 15.4 Å². The first kappa shape index (κ1) is 19.4. The highest BCUT2D eigenvalue weighted by Gasteiger charge is 2.14. The second kappa shape index (κ2) is 9.55. The van der Waals surface area contributed by atoms with Crippen LogP contribution < -0.4 is 10.6 Å². The number of hydrogen-bond donors (Lipinski definition) is 2. The second-order valence-corrected chi connectivity index (χ2v) is 6.48. The minimum absolute atomic E-state index is 0.346. The van der Waals surface area contributed by atoms with Crippen LogP contribution in [0.25, 0.3) is 10.8 Å². The lowest BCUT2D eigenvalue weighted by molar-refractivity contribution is 0.0501. The largest absolute Gasteiger partial charge is 0.462 e. The normalized spacial score (nSPS) is 10.5. The van der Waals surface area contributed by atoms with E-state index in [0.29, 0.717) is 24.4 Å². The number of urea groups is 1. The Morgan fingerprint density at radius 2 is 1.68 bits per heavy atom. The number of benzene rings is 3. The lowest BCUT2D eigenvalue weighted by Crippen LogP contribution is -2.29. The van der Waals surface area contributed by atoms with Crippen LogP contribution in [-0.2, 0) is 11.3 Å². The Morgan fingerprint density at radius 3 is 2.54 bits per heavy atom.